The van der Waals surface area contributed by atoms with Crippen molar-refractivity contribution in [1.82, 2.24) is 14.8 Å². The Hall–Kier alpha value is -1.36. The highest BCUT2D eigenvalue weighted by Gasteiger charge is 2.52. The van der Waals surface area contributed by atoms with Gasteiger partial charge in [0.2, 0.25) is 0 Å². The van der Waals surface area contributed by atoms with E-state index in [1.807, 2.05) is 10.9 Å². The third-order valence-corrected chi connectivity index (χ3v) is 5.32. The number of pyridine rings is 1. The van der Waals surface area contributed by atoms with Crippen LogP contribution in [-0.2, 0) is 13.0 Å². The summed E-state index contributed by atoms with van der Waals surface area (Å²) >= 11 is 3.62. The molecule has 4 rings (SSSR count). The van der Waals surface area contributed by atoms with Crippen LogP contribution in [0.25, 0.3) is 0 Å². The molecule has 1 saturated carbocycles. The van der Waals surface area contributed by atoms with Crippen molar-refractivity contribution in [2.24, 2.45) is 5.41 Å². The second kappa shape index (κ2) is 4.83. The fourth-order valence-corrected chi connectivity index (χ4v) is 3.46. The predicted octanol–water partition coefficient (Wildman–Crippen LogP) is 3.25. The Kier molecular flexibility index (Phi) is 3.06. The lowest BCUT2D eigenvalue weighted by Crippen LogP contribution is -2.48. The smallest absolute Gasteiger partial charge is 0.129 e. The molecule has 2 aromatic heterocycles. The normalized spacial score (nSPS) is 18.9. The van der Waals surface area contributed by atoms with Crippen LogP contribution in [0.15, 0.2) is 29.0 Å². The van der Waals surface area contributed by atoms with Crippen LogP contribution in [0.2, 0.25) is 0 Å². The molecule has 2 aromatic rings. The van der Waals surface area contributed by atoms with Crippen molar-refractivity contribution in [1.29, 1.82) is 0 Å². The van der Waals surface area contributed by atoms with Crippen molar-refractivity contribution in [3.63, 3.8) is 0 Å². The van der Waals surface area contributed by atoms with Crippen molar-refractivity contribution < 1.29 is 0 Å². The summed E-state index contributed by atoms with van der Waals surface area (Å²) in [4.78, 5) is 7.09. The molecule has 110 valence electrons. The van der Waals surface area contributed by atoms with Gasteiger partial charge in [-0.2, -0.15) is 5.10 Å². The second-order valence-corrected chi connectivity index (χ2v) is 7.08. The molecule has 4 nitrogen and oxygen atoms in total. The van der Waals surface area contributed by atoms with Crippen LogP contribution in [0, 0.1) is 5.41 Å². The summed E-state index contributed by atoms with van der Waals surface area (Å²) in [6.07, 6.45) is 5.82. The maximum atomic E-state index is 4.71. The molecule has 1 saturated heterocycles. The fourth-order valence-electron chi connectivity index (χ4n) is 3.02. The highest BCUT2D eigenvalue weighted by atomic mass is 79.9. The summed E-state index contributed by atoms with van der Waals surface area (Å²) in [7, 11) is 0. The molecule has 0 radical (unpaired) electrons. The molecule has 0 atom stereocenters. The highest BCUT2D eigenvalue weighted by Crippen LogP contribution is 2.53. The monoisotopic (exact) mass is 346 g/mol. The molecular formula is C16H19BrN4. The van der Waals surface area contributed by atoms with Gasteiger partial charge in [-0.25, -0.2) is 4.98 Å². The minimum Gasteiger partial charge on any atom is -0.355 e. The van der Waals surface area contributed by atoms with E-state index in [9.17, 15) is 0 Å². The molecule has 1 spiro atoms. The van der Waals surface area contributed by atoms with E-state index < -0.39 is 0 Å². The van der Waals surface area contributed by atoms with Crippen molar-refractivity contribution >= 4 is 21.7 Å². The second-order valence-electron chi connectivity index (χ2n) is 6.33. The number of nitrogens with zero attached hydrogens (tertiary/aromatic N) is 4. The summed E-state index contributed by atoms with van der Waals surface area (Å²) in [5.74, 6) is 1.10. The molecule has 1 aliphatic heterocycles. The van der Waals surface area contributed by atoms with Crippen LogP contribution in [0.4, 0.5) is 5.82 Å². The first-order valence-electron chi connectivity index (χ1n) is 7.60. The maximum absolute atomic E-state index is 4.71. The van der Waals surface area contributed by atoms with Crippen LogP contribution in [0.5, 0.6) is 0 Å². The van der Waals surface area contributed by atoms with Crippen molar-refractivity contribution in [3.8, 4) is 0 Å². The Balaban J connectivity index is 1.48. The lowest BCUT2D eigenvalue weighted by Gasteiger charge is -2.41. The van der Waals surface area contributed by atoms with Gasteiger partial charge in [0, 0.05) is 30.3 Å². The fraction of sp³-hybridized carbons (Fsp3) is 0.500. The Morgan fingerprint density at radius 1 is 1.24 bits per heavy atom. The van der Waals surface area contributed by atoms with Crippen LogP contribution in [0.1, 0.15) is 31.0 Å². The largest absolute Gasteiger partial charge is 0.355 e. The summed E-state index contributed by atoms with van der Waals surface area (Å²) < 4.78 is 2.91. The minimum absolute atomic E-state index is 0.665. The van der Waals surface area contributed by atoms with Crippen molar-refractivity contribution in [2.75, 3.05) is 18.0 Å². The first-order chi connectivity index (χ1) is 10.2. The third-order valence-electron chi connectivity index (χ3n) is 4.64. The highest BCUT2D eigenvalue weighted by molar-refractivity contribution is 9.10. The van der Waals surface area contributed by atoms with Gasteiger partial charge in [-0.15, -0.1) is 0 Å². The molecule has 2 aliphatic rings. The molecule has 0 N–H and O–H groups in total. The molecule has 0 bridgehead atoms. The zero-order valence-electron chi connectivity index (χ0n) is 12.2. The van der Waals surface area contributed by atoms with E-state index in [2.05, 4.69) is 51.1 Å². The van der Waals surface area contributed by atoms with Crippen molar-refractivity contribution in [3.05, 3.63) is 40.3 Å². The number of hydrogen-bond acceptors (Lipinski definition) is 3. The van der Waals surface area contributed by atoms with Gasteiger partial charge >= 0.3 is 0 Å². The number of aryl methyl sites for hydroxylation is 1. The molecule has 2 fully saturated rings. The summed E-state index contributed by atoms with van der Waals surface area (Å²) in [5, 5.41) is 4.53. The SMILES string of the molecule is CCc1ccn(Cc2ccc(N3CC4(CC4)C3)nc2Br)n1. The van der Waals surface area contributed by atoms with E-state index in [0.717, 1.165) is 29.1 Å². The Morgan fingerprint density at radius 2 is 2.05 bits per heavy atom. The van der Waals surface area contributed by atoms with Crippen LogP contribution in [-0.4, -0.2) is 27.9 Å². The first-order valence-corrected chi connectivity index (χ1v) is 8.39. The summed E-state index contributed by atoms with van der Waals surface area (Å²) in [5.41, 5.74) is 2.97. The van der Waals surface area contributed by atoms with E-state index in [1.165, 1.54) is 31.5 Å². The molecule has 0 unspecified atom stereocenters. The van der Waals surface area contributed by atoms with Gasteiger partial charge in [-0.3, -0.25) is 4.68 Å². The first kappa shape index (κ1) is 13.3. The number of anilines is 1. The molecular weight excluding hydrogens is 328 g/mol. The standard InChI is InChI=1S/C16H19BrN4/c1-2-13-5-8-21(19-13)9-12-3-4-14(18-15(12)17)20-10-16(11-20)6-7-16/h3-5,8H,2,6-7,9-11H2,1H3. The topological polar surface area (TPSA) is 34.0 Å². The average Bonchev–Trinajstić information content (AvgIpc) is 3.13. The summed E-state index contributed by atoms with van der Waals surface area (Å²) in [6, 6.07) is 6.38. The van der Waals surface area contributed by atoms with Gasteiger partial charge in [0.05, 0.1) is 12.2 Å². The van der Waals surface area contributed by atoms with Crippen LogP contribution < -0.4 is 4.90 Å². The Labute approximate surface area is 133 Å². The predicted molar refractivity (Wildman–Crippen MR) is 86.5 cm³/mol. The molecule has 21 heavy (non-hydrogen) atoms. The lowest BCUT2D eigenvalue weighted by molar-refractivity contribution is 0.384. The molecule has 5 heteroatoms. The Morgan fingerprint density at radius 3 is 2.67 bits per heavy atom. The minimum atomic E-state index is 0.665. The van der Waals surface area contributed by atoms with Gasteiger partial charge in [-0.05, 0) is 47.3 Å². The van der Waals surface area contributed by atoms with E-state index in [4.69, 9.17) is 4.98 Å². The molecule has 0 aromatic carbocycles. The maximum Gasteiger partial charge on any atom is 0.129 e. The van der Waals surface area contributed by atoms with Gasteiger partial charge in [0.25, 0.3) is 0 Å². The zero-order valence-corrected chi connectivity index (χ0v) is 13.8. The third kappa shape index (κ3) is 2.48. The van der Waals surface area contributed by atoms with Gasteiger partial charge < -0.3 is 4.90 Å². The molecule has 3 heterocycles. The van der Waals surface area contributed by atoms with E-state index in [1.54, 1.807) is 0 Å². The van der Waals surface area contributed by atoms with Gasteiger partial charge in [0.15, 0.2) is 0 Å². The number of hydrogen-bond donors (Lipinski definition) is 0. The number of aromatic nitrogens is 3. The number of halogens is 1. The number of rotatable bonds is 4. The molecule has 1 aliphatic carbocycles. The van der Waals surface area contributed by atoms with Crippen LogP contribution in [0.3, 0.4) is 0 Å². The Bertz CT molecular complexity index is 667. The van der Waals surface area contributed by atoms with E-state index >= 15 is 0 Å². The zero-order chi connectivity index (χ0) is 14.4. The van der Waals surface area contributed by atoms with Gasteiger partial charge in [0.1, 0.15) is 10.4 Å². The van der Waals surface area contributed by atoms with E-state index in [0.29, 0.717) is 5.41 Å². The van der Waals surface area contributed by atoms with E-state index in [-0.39, 0.29) is 0 Å². The molecule has 0 amide bonds. The average molecular weight is 347 g/mol. The van der Waals surface area contributed by atoms with Crippen molar-refractivity contribution in [2.45, 2.75) is 32.7 Å². The lowest BCUT2D eigenvalue weighted by atomic mass is 9.97. The van der Waals surface area contributed by atoms with Crippen LogP contribution >= 0.6 is 15.9 Å². The summed E-state index contributed by atoms with van der Waals surface area (Å²) in [6.45, 7) is 5.26. The van der Waals surface area contributed by atoms with Gasteiger partial charge in [-0.1, -0.05) is 13.0 Å². The quantitative estimate of drug-likeness (QED) is 0.797.